The van der Waals surface area contributed by atoms with Gasteiger partial charge in [-0.05, 0) is 61.7 Å². The second kappa shape index (κ2) is 4.48. The van der Waals surface area contributed by atoms with E-state index in [-0.39, 0.29) is 4.46 Å². The molecule has 0 aliphatic heterocycles. The Balaban J connectivity index is 1.60. The maximum Gasteiger partial charge on any atom is 0.0929 e. The quantitative estimate of drug-likeness (QED) is 0.524. The molecule has 2 radical (unpaired) electrons. The highest BCUT2D eigenvalue weighted by Gasteiger charge is 2.50. The highest BCUT2D eigenvalue weighted by atomic mass is 35.5. The van der Waals surface area contributed by atoms with Gasteiger partial charge in [0.25, 0.3) is 0 Å². The maximum atomic E-state index is 5.84. The van der Waals surface area contributed by atoms with Crippen molar-refractivity contribution in [1.29, 1.82) is 0 Å². The maximum absolute atomic E-state index is 5.84. The molecule has 0 nitrogen and oxygen atoms in total. The summed E-state index contributed by atoms with van der Waals surface area (Å²) in [4.78, 5) is 0. The Morgan fingerprint density at radius 2 is 1.50 bits per heavy atom. The molecule has 16 heavy (non-hydrogen) atoms. The second-order valence-electron chi connectivity index (χ2n) is 6.42. The molecule has 90 valence electrons. The first-order valence-electron chi connectivity index (χ1n) is 6.67. The van der Waals surface area contributed by atoms with Crippen LogP contribution in [0, 0.1) is 23.2 Å². The van der Waals surface area contributed by atoms with Gasteiger partial charge in [-0.3, -0.25) is 0 Å². The van der Waals surface area contributed by atoms with Crippen molar-refractivity contribution >= 4 is 32.7 Å². The molecule has 4 aliphatic carbocycles. The fourth-order valence-electron chi connectivity index (χ4n) is 5.04. The Hall–Kier alpha value is 0.797. The predicted octanol–water partition coefficient (Wildman–Crippen LogP) is 4.48. The molecule has 4 saturated carbocycles. The molecular weight excluding hydrogens is 255 g/mol. The zero-order valence-corrected chi connectivity index (χ0v) is 12.2. The molecule has 0 heterocycles. The monoisotopic (exact) mass is 274 g/mol. The van der Waals surface area contributed by atoms with Gasteiger partial charge in [0.05, 0.1) is 14.0 Å². The lowest BCUT2D eigenvalue weighted by molar-refractivity contribution is -0.0544. The molecule has 0 aromatic heterocycles. The fourth-order valence-corrected chi connectivity index (χ4v) is 6.59. The van der Waals surface area contributed by atoms with Gasteiger partial charge in [0.2, 0.25) is 0 Å². The SMILES string of the molecule is ClC(Cl)[Si]CCC12CC3CC(CC(C3)C1)C2. The molecule has 0 N–H and O–H groups in total. The van der Waals surface area contributed by atoms with Gasteiger partial charge in [-0.25, -0.2) is 0 Å². The lowest BCUT2D eigenvalue weighted by Crippen LogP contribution is -2.46. The first-order chi connectivity index (χ1) is 7.65. The highest BCUT2D eigenvalue weighted by molar-refractivity contribution is 6.68. The normalized spacial score (nSPS) is 45.6. The van der Waals surface area contributed by atoms with E-state index in [4.69, 9.17) is 23.2 Å². The van der Waals surface area contributed by atoms with Gasteiger partial charge in [0.1, 0.15) is 0 Å². The molecule has 4 rings (SSSR count). The molecule has 0 spiro atoms. The minimum absolute atomic E-state index is 0.117. The van der Waals surface area contributed by atoms with E-state index >= 15 is 0 Å². The van der Waals surface area contributed by atoms with E-state index in [0.29, 0.717) is 0 Å². The molecule has 0 amide bonds. The highest BCUT2D eigenvalue weighted by Crippen LogP contribution is 2.61. The van der Waals surface area contributed by atoms with Crippen LogP contribution in [-0.2, 0) is 0 Å². The summed E-state index contributed by atoms with van der Waals surface area (Å²) in [5.74, 6) is 3.24. The van der Waals surface area contributed by atoms with Crippen molar-refractivity contribution in [3.63, 3.8) is 0 Å². The zero-order chi connectivity index (χ0) is 11.2. The minimum Gasteiger partial charge on any atom is -0.110 e. The van der Waals surface area contributed by atoms with Crippen LogP contribution >= 0.6 is 23.2 Å². The summed E-state index contributed by atoms with van der Waals surface area (Å²) in [6.07, 6.45) is 10.6. The lowest BCUT2D eigenvalue weighted by atomic mass is 9.49. The smallest absolute Gasteiger partial charge is 0.0929 e. The van der Waals surface area contributed by atoms with E-state index in [0.717, 1.165) is 32.7 Å². The van der Waals surface area contributed by atoms with E-state index in [1.807, 2.05) is 0 Å². The van der Waals surface area contributed by atoms with E-state index in [2.05, 4.69) is 0 Å². The third kappa shape index (κ3) is 2.33. The third-order valence-electron chi connectivity index (χ3n) is 5.12. The van der Waals surface area contributed by atoms with Crippen LogP contribution in [0.25, 0.3) is 0 Å². The molecular formula is C13H20Cl2Si. The van der Waals surface area contributed by atoms with Crippen molar-refractivity contribution in [3.05, 3.63) is 0 Å². The summed E-state index contributed by atoms with van der Waals surface area (Å²) in [6, 6.07) is 1.27. The van der Waals surface area contributed by atoms with Gasteiger partial charge in [-0.1, -0.05) is 12.5 Å². The Kier molecular flexibility index (Phi) is 3.32. The van der Waals surface area contributed by atoms with Crippen LogP contribution in [0.1, 0.15) is 44.9 Å². The summed E-state index contributed by atoms with van der Waals surface area (Å²) in [6.45, 7) is 0. The van der Waals surface area contributed by atoms with Gasteiger partial charge >= 0.3 is 0 Å². The topological polar surface area (TPSA) is 0 Å². The van der Waals surface area contributed by atoms with Crippen LogP contribution < -0.4 is 0 Å². The van der Waals surface area contributed by atoms with Crippen molar-refractivity contribution in [1.82, 2.24) is 0 Å². The zero-order valence-electron chi connectivity index (χ0n) is 9.72. The van der Waals surface area contributed by atoms with Crippen LogP contribution in [0.4, 0.5) is 0 Å². The van der Waals surface area contributed by atoms with Crippen molar-refractivity contribution < 1.29 is 0 Å². The van der Waals surface area contributed by atoms with Crippen molar-refractivity contribution in [2.24, 2.45) is 23.2 Å². The second-order valence-corrected chi connectivity index (χ2v) is 9.74. The molecule has 4 aliphatic rings. The summed E-state index contributed by atoms with van der Waals surface area (Å²) in [7, 11) is 0.751. The number of hydrogen-bond donors (Lipinski definition) is 0. The van der Waals surface area contributed by atoms with Gasteiger partial charge in [-0.15, -0.1) is 23.2 Å². The first-order valence-corrected chi connectivity index (χ1v) is 8.82. The van der Waals surface area contributed by atoms with Crippen molar-refractivity contribution in [2.75, 3.05) is 0 Å². The van der Waals surface area contributed by atoms with Gasteiger partial charge in [0, 0.05) is 0 Å². The average molecular weight is 275 g/mol. The molecule has 0 unspecified atom stereocenters. The Bertz CT molecular complexity index is 229. The first kappa shape index (κ1) is 11.9. The predicted molar refractivity (Wildman–Crippen MR) is 71.3 cm³/mol. The largest absolute Gasteiger partial charge is 0.110 e. The van der Waals surface area contributed by atoms with Crippen molar-refractivity contribution in [3.8, 4) is 0 Å². The number of hydrogen-bond acceptors (Lipinski definition) is 0. The van der Waals surface area contributed by atoms with Crippen LogP contribution in [0.15, 0.2) is 0 Å². The van der Waals surface area contributed by atoms with Crippen molar-refractivity contribution in [2.45, 2.75) is 55.4 Å². The molecule has 4 fully saturated rings. The van der Waals surface area contributed by atoms with Crippen LogP contribution in [-0.4, -0.2) is 14.0 Å². The van der Waals surface area contributed by atoms with Gasteiger partial charge in [0.15, 0.2) is 0 Å². The van der Waals surface area contributed by atoms with Gasteiger partial charge < -0.3 is 0 Å². The van der Waals surface area contributed by atoms with Crippen LogP contribution in [0.5, 0.6) is 0 Å². The standard InChI is InChI=1S/C13H20Cl2Si/c14-12(15)16-2-1-13-6-9-3-10(7-13)5-11(4-9)8-13/h9-12H,1-8H2. The molecule has 0 atom stereocenters. The molecule has 0 aromatic carbocycles. The summed E-state index contributed by atoms with van der Waals surface area (Å²) in [5, 5.41) is 0. The molecule has 0 saturated heterocycles. The Labute approximate surface area is 111 Å². The van der Waals surface area contributed by atoms with Crippen LogP contribution in [0.3, 0.4) is 0 Å². The summed E-state index contributed by atoms with van der Waals surface area (Å²) >= 11 is 11.7. The third-order valence-corrected chi connectivity index (χ3v) is 6.89. The van der Waals surface area contributed by atoms with Gasteiger partial charge in [-0.2, -0.15) is 0 Å². The average Bonchev–Trinajstić information content (AvgIpc) is 2.13. The number of alkyl halides is 2. The molecule has 0 aromatic rings. The molecule has 4 bridgehead atoms. The Morgan fingerprint density at radius 3 is 1.94 bits per heavy atom. The van der Waals surface area contributed by atoms with E-state index in [1.54, 1.807) is 19.3 Å². The number of rotatable bonds is 4. The Morgan fingerprint density at radius 1 is 1.00 bits per heavy atom. The summed E-state index contributed by atoms with van der Waals surface area (Å²) in [5.41, 5.74) is 0.727. The van der Waals surface area contributed by atoms with E-state index < -0.39 is 0 Å². The number of halogens is 2. The lowest BCUT2D eigenvalue weighted by Gasteiger charge is -2.57. The van der Waals surface area contributed by atoms with E-state index in [1.165, 1.54) is 31.7 Å². The minimum atomic E-state index is -0.117. The fraction of sp³-hybridized carbons (Fsp3) is 1.00. The van der Waals surface area contributed by atoms with Crippen LogP contribution in [0.2, 0.25) is 6.04 Å². The summed E-state index contributed by atoms with van der Waals surface area (Å²) < 4.78 is -0.117. The molecule has 3 heteroatoms. The van der Waals surface area contributed by atoms with E-state index in [9.17, 15) is 0 Å².